The predicted molar refractivity (Wildman–Crippen MR) is 91.4 cm³/mol. The second-order valence-corrected chi connectivity index (χ2v) is 6.37. The quantitative estimate of drug-likeness (QED) is 0.605. The second kappa shape index (κ2) is 4.78. The average molecular weight is 360 g/mol. The lowest BCUT2D eigenvalue weighted by Crippen LogP contribution is -2.20. The summed E-state index contributed by atoms with van der Waals surface area (Å²) < 4.78 is 1.41. The van der Waals surface area contributed by atoms with Crippen LogP contribution in [0.3, 0.4) is 0 Å². The van der Waals surface area contributed by atoms with Crippen LogP contribution in [0.2, 0.25) is 0 Å². The Labute approximate surface area is 128 Å². The number of rotatable bonds is 2. The van der Waals surface area contributed by atoms with Gasteiger partial charge < -0.3 is 0 Å². The third kappa shape index (κ3) is 1.86. The Morgan fingerprint density at radius 1 is 0.947 bits per heavy atom. The largest absolute Gasteiger partial charge is 0.0642 e. The fourth-order valence-corrected chi connectivity index (χ4v) is 4.46. The monoisotopic (exact) mass is 360 g/mol. The van der Waals surface area contributed by atoms with Crippen LogP contribution in [0, 0.1) is 0 Å². The van der Waals surface area contributed by atoms with Crippen LogP contribution in [0.25, 0.3) is 9.15 Å². The van der Waals surface area contributed by atoms with Crippen LogP contribution in [0.4, 0.5) is 0 Å². The highest BCUT2D eigenvalue weighted by Gasteiger charge is 2.39. The minimum Gasteiger partial charge on any atom is -0.0642 e. The van der Waals surface area contributed by atoms with Gasteiger partial charge in [0.05, 0.1) is 0 Å². The maximum Gasteiger partial charge on any atom is 0.0252 e. The Kier molecular flexibility index (Phi) is 3.25. The normalized spacial score (nSPS) is 21.6. The Bertz CT molecular complexity index is 640. The molecule has 96 valence electrons. The van der Waals surface area contributed by atoms with E-state index in [1.165, 1.54) is 25.8 Å². The molecular formula is C18H17I. The van der Waals surface area contributed by atoms with Crippen molar-refractivity contribution in [3.63, 3.8) is 0 Å². The maximum absolute atomic E-state index is 2.52. The van der Waals surface area contributed by atoms with E-state index < -0.39 is 0 Å². The van der Waals surface area contributed by atoms with Crippen LogP contribution >= 0.6 is 22.6 Å². The first-order valence-corrected chi connectivity index (χ1v) is 7.82. The molecule has 1 aliphatic rings. The number of fused-ring (bicyclic) bond motifs is 1. The second-order valence-electron chi connectivity index (χ2n) is 5.29. The van der Waals surface area contributed by atoms with E-state index in [1.807, 2.05) is 0 Å². The summed E-state index contributed by atoms with van der Waals surface area (Å²) in [6.45, 7) is 4.66. The van der Waals surface area contributed by atoms with Crippen molar-refractivity contribution in [1.82, 2.24) is 0 Å². The summed E-state index contributed by atoms with van der Waals surface area (Å²) in [6.07, 6.45) is 1.13. The molecule has 0 bridgehead atoms. The van der Waals surface area contributed by atoms with Crippen LogP contribution in [0.15, 0.2) is 54.6 Å². The van der Waals surface area contributed by atoms with Crippen LogP contribution in [-0.4, -0.2) is 0 Å². The SMILES string of the molecule is CCC1(C)C(c2ccccc2)=C(I)c2ccccc21. The zero-order chi connectivity index (χ0) is 13.5. The molecule has 3 rings (SSSR count). The molecule has 1 unspecified atom stereocenters. The number of benzene rings is 2. The fraction of sp³-hybridized carbons (Fsp3) is 0.222. The van der Waals surface area contributed by atoms with Gasteiger partial charge in [-0.2, -0.15) is 0 Å². The lowest BCUT2D eigenvalue weighted by molar-refractivity contribution is 0.600. The summed E-state index contributed by atoms with van der Waals surface area (Å²) in [6, 6.07) is 19.6. The van der Waals surface area contributed by atoms with Gasteiger partial charge in [-0.3, -0.25) is 0 Å². The summed E-state index contributed by atoms with van der Waals surface area (Å²) in [4.78, 5) is 0. The molecule has 0 amide bonds. The first kappa shape index (κ1) is 12.9. The van der Waals surface area contributed by atoms with Crippen molar-refractivity contribution in [2.24, 2.45) is 0 Å². The van der Waals surface area contributed by atoms with Crippen LogP contribution in [0.1, 0.15) is 37.0 Å². The molecule has 0 saturated carbocycles. The van der Waals surface area contributed by atoms with Crippen molar-refractivity contribution >= 4 is 31.7 Å². The summed E-state index contributed by atoms with van der Waals surface area (Å²) in [5, 5.41) is 0. The standard InChI is InChI=1S/C18H17I/c1-3-18(2)15-12-8-7-11-14(15)17(19)16(18)13-9-5-4-6-10-13/h4-12H,3H2,1-2H3. The summed E-state index contributed by atoms with van der Waals surface area (Å²) in [7, 11) is 0. The van der Waals surface area contributed by atoms with E-state index in [4.69, 9.17) is 0 Å². The molecule has 19 heavy (non-hydrogen) atoms. The van der Waals surface area contributed by atoms with Gasteiger partial charge in [0.15, 0.2) is 0 Å². The van der Waals surface area contributed by atoms with Gasteiger partial charge in [-0.15, -0.1) is 0 Å². The molecule has 1 heteroatoms. The molecule has 0 spiro atoms. The van der Waals surface area contributed by atoms with Gasteiger partial charge in [-0.05, 0) is 51.3 Å². The molecule has 0 aliphatic heterocycles. The van der Waals surface area contributed by atoms with E-state index in [0.29, 0.717) is 0 Å². The van der Waals surface area contributed by atoms with E-state index >= 15 is 0 Å². The number of hydrogen-bond acceptors (Lipinski definition) is 0. The topological polar surface area (TPSA) is 0 Å². The van der Waals surface area contributed by atoms with Gasteiger partial charge in [-0.25, -0.2) is 0 Å². The predicted octanol–water partition coefficient (Wildman–Crippen LogP) is 5.67. The van der Waals surface area contributed by atoms with Crippen LogP contribution < -0.4 is 0 Å². The number of hydrogen-bond donors (Lipinski definition) is 0. The van der Waals surface area contributed by atoms with E-state index in [0.717, 1.165) is 6.42 Å². The van der Waals surface area contributed by atoms with Crippen molar-refractivity contribution in [2.45, 2.75) is 25.7 Å². The zero-order valence-electron chi connectivity index (χ0n) is 11.3. The van der Waals surface area contributed by atoms with E-state index in [1.54, 1.807) is 0 Å². The smallest absolute Gasteiger partial charge is 0.0252 e. The van der Waals surface area contributed by atoms with Gasteiger partial charge in [0.1, 0.15) is 0 Å². The molecule has 0 N–H and O–H groups in total. The van der Waals surface area contributed by atoms with Crippen molar-refractivity contribution < 1.29 is 0 Å². The Balaban J connectivity index is 2.28. The number of allylic oxidation sites excluding steroid dienone is 1. The van der Waals surface area contributed by atoms with Gasteiger partial charge in [0, 0.05) is 8.99 Å². The highest BCUT2D eigenvalue weighted by Crippen LogP contribution is 2.54. The molecule has 2 aromatic carbocycles. The molecule has 0 radical (unpaired) electrons. The molecular weight excluding hydrogens is 343 g/mol. The highest BCUT2D eigenvalue weighted by molar-refractivity contribution is 14.1. The van der Waals surface area contributed by atoms with Gasteiger partial charge >= 0.3 is 0 Å². The Morgan fingerprint density at radius 3 is 2.26 bits per heavy atom. The van der Waals surface area contributed by atoms with E-state index in [2.05, 4.69) is 91.0 Å². The third-order valence-corrected chi connectivity index (χ3v) is 5.42. The molecule has 1 aliphatic carbocycles. The molecule has 2 aromatic rings. The highest BCUT2D eigenvalue weighted by atomic mass is 127. The van der Waals surface area contributed by atoms with Crippen LogP contribution in [-0.2, 0) is 5.41 Å². The molecule has 0 fully saturated rings. The molecule has 0 aromatic heterocycles. The maximum atomic E-state index is 2.52. The van der Waals surface area contributed by atoms with Crippen molar-refractivity contribution in [2.75, 3.05) is 0 Å². The lowest BCUT2D eigenvalue weighted by Gasteiger charge is -2.28. The lowest BCUT2D eigenvalue weighted by atomic mass is 9.75. The van der Waals surface area contributed by atoms with Crippen molar-refractivity contribution in [1.29, 1.82) is 0 Å². The van der Waals surface area contributed by atoms with Crippen molar-refractivity contribution in [3.8, 4) is 0 Å². The van der Waals surface area contributed by atoms with E-state index in [-0.39, 0.29) is 5.41 Å². The summed E-state index contributed by atoms with van der Waals surface area (Å²) in [5.74, 6) is 0. The number of halogens is 1. The minimum atomic E-state index is 0.133. The minimum absolute atomic E-state index is 0.133. The molecule has 1 atom stereocenters. The first-order chi connectivity index (χ1) is 9.18. The summed E-state index contributed by atoms with van der Waals surface area (Å²) >= 11 is 2.52. The van der Waals surface area contributed by atoms with Crippen LogP contribution in [0.5, 0.6) is 0 Å². The van der Waals surface area contributed by atoms with Gasteiger partial charge in [0.2, 0.25) is 0 Å². The fourth-order valence-electron chi connectivity index (χ4n) is 3.08. The average Bonchev–Trinajstić information content (AvgIpc) is 2.70. The molecule has 0 nitrogen and oxygen atoms in total. The van der Waals surface area contributed by atoms with E-state index in [9.17, 15) is 0 Å². The third-order valence-electron chi connectivity index (χ3n) is 4.30. The molecule has 0 heterocycles. The van der Waals surface area contributed by atoms with Gasteiger partial charge in [-0.1, -0.05) is 68.4 Å². The molecule has 0 saturated heterocycles. The van der Waals surface area contributed by atoms with Gasteiger partial charge in [0.25, 0.3) is 0 Å². The Morgan fingerprint density at radius 2 is 1.58 bits per heavy atom. The summed E-state index contributed by atoms with van der Waals surface area (Å²) in [5.41, 5.74) is 5.85. The van der Waals surface area contributed by atoms with Crippen molar-refractivity contribution in [3.05, 3.63) is 71.3 Å². The Hall–Kier alpha value is -1.09. The zero-order valence-corrected chi connectivity index (χ0v) is 13.4. The first-order valence-electron chi connectivity index (χ1n) is 6.74.